The lowest BCUT2D eigenvalue weighted by Gasteiger charge is -2.28. The van der Waals surface area contributed by atoms with Gasteiger partial charge in [0, 0.05) is 31.9 Å². The van der Waals surface area contributed by atoms with Crippen molar-refractivity contribution in [3.05, 3.63) is 65.2 Å². The molecule has 4 nitrogen and oxygen atoms in total. The highest BCUT2D eigenvalue weighted by molar-refractivity contribution is 5.94. The molecule has 4 heteroatoms. The molecule has 1 heterocycles. The number of hydrogen-bond acceptors (Lipinski definition) is 3. The van der Waals surface area contributed by atoms with E-state index in [4.69, 9.17) is 0 Å². The third-order valence-corrected chi connectivity index (χ3v) is 5.84. The summed E-state index contributed by atoms with van der Waals surface area (Å²) in [6, 6.07) is 16.9. The van der Waals surface area contributed by atoms with Crippen LogP contribution in [-0.2, 0) is 5.41 Å². The first-order valence-corrected chi connectivity index (χ1v) is 10.7. The summed E-state index contributed by atoms with van der Waals surface area (Å²) in [5.41, 5.74) is 4.51. The Morgan fingerprint density at radius 1 is 1.00 bits per heavy atom. The van der Waals surface area contributed by atoms with Crippen molar-refractivity contribution in [3.63, 3.8) is 0 Å². The zero-order valence-corrected chi connectivity index (χ0v) is 18.5. The van der Waals surface area contributed by atoms with Gasteiger partial charge in [0.05, 0.1) is 6.04 Å². The van der Waals surface area contributed by atoms with Crippen molar-refractivity contribution < 1.29 is 4.79 Å². The molecule has 3 rings (SSSR count). The number of likely N-dealkylation sites (tertiary alicyclic amines) is 1. The van der Waals surface area contributed by atoms with E-state index in [2.05, 4.69) is 86.4 Å². The maximum atomic E-state index is 12.8. The number of benzene rings is 2. The Morgan fingerprint density at radius 3 is 2.10 bits per heavy atom. The van der Waals surface area contributed by atoms with Gasteiger partial charge in [-0.3, -0.25) is 9.69 Å². The van der Waals surface area contributed by atoms with Crippen molar-refractivity contribution >= 4 is 11.6 Å². The third kappa shape index (κ3) is 5.39. The first kappa shape index (κ1) is 21.4. The summed E-state index contributed by atoms with van der Waals surface area (Å²) < 4.78 is 0. The van der Waals surface area contributed by atoms with Crippen LogP contribution in [0, 0.1) is 0 Å². The summed E-state index contributed by atoms with van der Waals surface area (Å²) in [7, 11) is 4.11. The summed E-state index contributed by atoms with van der Waals surface area (Å²) in [6.07, 6.45) is 2.46. The van der Waals surface area contributed by atoms with Crippen LogP contribution >= 0.6 is 0 Å². The molecule has 1 saturated heterocycles. The van der Waals surface area contributed by atoms with Crippen molar-refractivity contribution in [2.75, 3.05) is 38.6 Å². The molecule has 0 aromatic heterocycles. The van der Waals surface area contributed by atoms with Crippen molar-refractivity contribution in [2.45, 2.75) is 45.1 Å². The number of nitrogens with zero attached hydrogens (tertiary/aromatic N) is 2. The van der Waals surface area contributed by atoms with Crippen LogP contribution in [0.4, 0.5) is 5.69 Å². The highest BCUT2D eigenvalue weighted by atomic mass is 16.1. The zero-order valence-electron chi connectivity index (χ0n) is 18.5. The number of anilines is 1. The van der Waals surface area contributed by atoms with Gasteiger partial charge >= 0.3 is 0 Å². The predicted molar refractivity (Wildman–Crippen MR) is 122 cm³/mol. The fraction of sp³-hybridized carbons (Fsp3) is 0.480. The molecule has 0 bridgehead atoms. The first-order chi connectivity index (χ1) is 13.8. The molecule has 0 saturated carbocycles. The molecule has 0 spiro atoms. The molecule has 1 aliphatic heterocycles. The van der Waals surface area contributed by atoms with E-state index in [1.807, 2.05) is 12.1 Å². The van der Waals surface area contributed by atoms with E-state index in [0.29, 0.717) is 6.54 Å². The Kier molecular flexibility index (Phi) is 6.63. The second kappa shape index (κ2) is 9.00. The van der Waals surface area contributed by atoms with Crippen LogP contribution in [0.25, 0.3) is 0 Å². The normalized spacial score (nSPS) is 15.9. The van der Waals surface area contributed by atoms with E-state index >= 15 is 0 Å². The molecule has 2 aromatic carbocycles. The SMILES string of the molecule is CN(C)c1ccc([C@@H](CNC(=O)c2ccc(C(C)(C)C)cc2)N2CCCC2)cc1. The van der Waals surface area contributed by atoms with Gasteiger partial charge in [0.1, 0.15) is 0 Å². The lowest BCUT2D eigenvalue weighted by Crippen LogP contribution is -2.36. The van der Waals surface area contributed by atoms with E-state index in [1.165, 1.54) is 29.7 Å². The van der Waals surface area contributed by atoms with Gasteiger partial charge in [0.25, 0.3) is 5.91 Å². The second-order valence-corrected chi connectivity index (χ2v) is 9.28. The number of rotatable bonds is 6. The molecule has 1 N–H and O–H groups in total. The number of carbonyl (C=O) groups excluding carboxylic acids is 1. The van der Waals surface area contributed by atoms with E-state index in [0.717, 1.165) is 18.7 Å². The summed E-state index contributed by atoms with van der Waals surface area (Å²) in [5.74, 6) is -0.000400. The molecule has 0 unspecified atom stereocenters. The lowest BCUT2D eigenvalue weighted by molar-refractivity contribution is 0.0938. The summed E-state index contributed by atoms with van der Waals surface area (Å²) in [6.45, 7) is 9.37. The Balaban J connectivity index is 1.70. The van der Waals surface area contributed by atoms with Gasteiger partial charge in [-0.15, -0.1) is 0 Å². The van der Waals surface area contributed by atoms with E-state index in [9.17, 15) is 4.79 Å². The highest BCUT2D eigenvalue weighted by Gasteiger charge is 2.24. The lowest BCUT2D eigenvalue weighted by atomic mass is 9.87. The minimum Gasteiger partial charge on any atom is -0.378 e. The fourth-order valence-electron chi connectivity index (χ4n) is 3.92. The minimum atomic E-state index is -0.000400. The van der Waals surface area contributed by atoms with Crippen molar-refractivity contribution in [1.29, 1.82) is 0 Å². The molecular formula is C25H35N3O. The van der Waals surface area contributed by atoms with E-state index in [-0.39, 0.29) is 17.4 Å². The van der Waals surface area contributed by atoms with Crippen LogP contribution < -0.4 is 10.2 Å². The van der Waals surface area contributed by atoms with Gasteiger partial charge in [0.15, 0.2) is 0 Å². The Morgan fingerprint density at radius 2 is 1.59 bits per heavy atom. The van der Waals surface area contributed by atoms with Crippen molar-refractivity contribution in [1.82, 2.24) is 10.2 Å². The topological polar surface area (TPSA) is 35.6 Å². The average Bonchev–Trinajstić information content (AvgIpc) is 3.22. The number of carbonyl (C=O) groups is 1. The largest absolute Gasteiger partial charge is 0.378 e. The van der Waals surface area contributed by atoms with Gasteiger partial charge in [-0.25, -0.2) is 0 Å². The van der Waals surface area contributed by atoms with Gasteiger partial charge < -0.3 is 10.2 Å². The minimum absolute atomic E-state index is 0.000400. The van der Waals surface area contributed by atoms with Crippen molar-refractivity contribution in [3.8, 4) is 0 Å². The molecule has 0 aliphatic carbocycles. The Bertz CT molecular complexity index is 797. The summed E-state index contributed by atoms with van der Waals surface area (Å²) >= 11 is 0. The van der Waals surface area contributed by atoms with Crippen LogP contribution in [0.15, 0.2) is 48.5 Å². The molecule has 2 aromatic rings. The number of nitrogens with one attached hydrogen (secondary N) is 1. The summed E-state index contributed by atoms with van der Waals surface area (Å²) in [5, 5.41) is 3.18. The maximum Gasteiger partial charge on any atom is 0.251 e. The molecule has 156 valence electrons. The molecule has 1 aliphatic rings. The van der Waals surface area contributed by atoms with Crippen LogP contribution in [0.1, 0.15) is 61.1 Å². The van der Waals surface area contributed by atoms with Crippen LogP contribution in [-0.4, -0.2) is 44.5 Å². The van der Waals surface area contributed by atoms with E-state index < -0.39 is 0 Å². The van der Waals surface area contributed by atoms with Gasteiger partial charge in [-0.05, 0) is 66.7 Å². The van der Waals surface area contributed by atoms with Gasteiger partial charge in [-0.1, -0.05) is 45.0 Å². The molecule has 1 atom stereocenters. The Hall–Kier alpha value is -2.33. The van der Waals surface area contributed by atoms with Crippen LogP contribution in [0.5, 0.6) is 0 Å². The standard InChI is InChI=1S/C25H35N3O/c1-25(2,3)21-12-8-20(9-13-21)24(29)26-18-23(28-16-6-7-17-28)19-10-14-22(15-11-19)27(4)5/h8-15,23H,6-7,16-18H2,1-5H3,(H,26,29)/t23-/m1/s1. The molecule has 29 heavy (non-hydrogen) atoms. The van der Waals surface area contributed by atoms with Gasteiger partial charge in [0.2, 0.25) is 0 Å². The monoisotopic (exact) mass is 393 g/mol. The van der Waals surface area contributed by atoms with Crippen LogP contribution in [0.2, 0.25) is 0 Å². The predicted octanol–water partition coefficient (Wildman–Crippen LogP) is 4.62. The van der Waals surface area contributed by atoms with E-state index in [1.54, 1.807) is 0 Å². The summed E-state index contributed by atoms with van der Waals surface area (Å²) in [4.78, 5) is 17.4. The first-order valence-electron chi connectivity index (χ1n) is 10.7. The second-order valence-electron chi connectivity index (χ2n) is 9.28. The molecular weight excluding hydrogens is 358 g/mol. The molecule has 1 fully saturated rings. The fourth-order valence-corrected chi connectivity index (χ4v) is 3.92. The number of amides is 1. The zero-order chi connectivity index (χ0) is 21.0. The number of hydrogen-bond donors (Lipinski definition) is 1. The maximum absolute atomic E-state index is 12.8. The van der Waals surface area contributed by atoms with Gasteiger partial charge in [-0.2, -0.15) is 0 Å². The molecule has 1 amide bonds. The van der Waals surface area contributed by atoms with Crippen LogP contribution in [0.3, 0.4) is 0 Å². The average molecular weight is 394 g/mol. The quantitative estimate of drug-likeness (QED) is 0.778. The van der Waals surface area contributed by atoms with Crippen molar-refractivity contribution in [2.24, 2.45) is 0 Å². The Labute approximate surface area is 175 Å². The third-order valence-electron chi connectivity index (χ3n) is 5.84. The highest BCUT2D eigenvalue weighted by Crippen LogP contribution is 2.27. The molecule has 0 radical (unpaired) electrons. The smallest absolute Gasteiger partial charge is 0.251 e.